The van der Waals surface area contributed by atoms with Crippen LogP contribution in [0.25, 0.3) is 0 Å². The molecule has 1 heterocycles. The second-order valence-corrected chi connectivity index (χ2v) is 6.14. The highest BCUT2D eigenvalue weighted by Crippen LogP contribution is 2.33. The molecule has 0 bridgehead atoms. The quantitative estimate of drug-likeness (QED) is 0.659. The van der Waals surface area contributed by atoms with Gasteiger partial charge >= 0.3 is 0 Å². The summed E-state index contributed by atoms with van der Waals surface area (Å²) >= 11 is 10.5. The first-order chi connectivity index (χ1) is 7.99. The molecule has 0 aliphatic carbocycles. The highest BCUT2D eigenvalue weighted by molar-refractivity contribution is 9.10. The summed E-state index contributed by atoms with van der Waals surface area (Å²) in [5.74, 6) is -0.0608. The largest absolute Gasteiger partial charge is 0.398 e. The predicted molar refractivity (Wildman–Crippen MR) is 76.1 cm³/mol. The molecule has 0 fully saturated rings. The van der Waals surface area contributed by atoms with Gasteiger partial charge in [-0.15, -0.1) is 11.3 Å². The predicted octanol–water partition coefficient (Wildman–Crippen LogP) is 4.29. The smallest absolute Gasteiger partial charge is 0.203 e. The van der Waals surface area contributed by atoms with E-state index >= 15 is 0 Å². The van der Waals surface area contributed by atoms with Crippen LogP contribution in [0.1, 0.15) is 20.8 Å². The SMILES string of the molecule is Cc1ccc(C(=O)c2cc(Br)c(Cl)s2)cc1N. The Hall–Kier alpha value is -0.840. The van der Waals surface area contributed by atoms with Crippen LogP contribution in [-0.2, 0) is 0 Å². The zero-order valence-electron chi connectivity index (χ0n) is 8.96. The number of nitrogens with two attached hydrogens (primary N) is 1. The number of nitrogen functional groups attached to an aromatic ring is 1. The van der Waals surface area contributed by atoms with Gasteiger partial charge in [-0.3, -0.25) is 4.79 Å². The van der Waals surface area contributed by atoms with Crippen molar-refractivity contribution in [1.29, 1.82) is 0 Å². The molecule has 2 N–H and O–H groups in total. The average Bonchev–Trinajstić information content (AvgIpc) is 2.62. The van der Waals surface area contributed by atoms with Gasteiger partial charge in [0.1, 0.15) is 4.34 Å². The van der Waals surface area contributed by atoms with Gasteiger partial charge in [0, 0.05) is 15.7 Å². The van der Waals surface area contributed by atoms with Gasteiger partial charge in [-0.1, -0.05) is 23.7 Å². The van der Waals surface area contributed by atoms with Crippen LogP contribution in [0.5, 0.6) is 0 Å². The number of carbonyl (C=O) groups excluding carboxylic acids is 1. The molecule has 88 valence electrons. The molecule has 0 saturated carbocycles. The van der Waals surface area contributed by atoms with Gasteiger partial charge in [0.15, 0.2) is 0 Å². The number of carbonyl (C=O) groups is 1. The molecule has 2 rings (SSSR count). The summed E-state index contributed by atoms with van der Waals surface area (Å²) in [6, 6.07) is 7.03. The number of hydrogen-bond donors (Lipinski definition) is 1. The highest BCUT2D eigenvalue weighted by atomic mass is 79.9. The van der Waals surface area contributed by atoms with Crippen LogP contribution >= 0.6 is 38.9 Å². The third-order valence-corrected chi connectivity index (χ3v) is 4.88. The highest BCUT2D eigenvalue weighted by Gasteiger charge is 2.14. The molecule has 2 nitrogen and oxygen atoms in total. The molecule has 17 heavy (non-hydrogen) atoms. The molecule has 5 heteroatoms. The molecule has 1 aromatic heterocycles. The number of rotatable bonds is 2. The fourth-order valence-corrected chi connectivity index (χ4v) is 3.05. The zero-order valence-corrected chi connectivity index (χ0v) is 12.1. The van der Waals surface area contributed by atoms with Crippen molar-refractivity contribution in [2.45, 2.75) is 6.92 Å². The van der Waals surface area contributed by atoms with Crippen LogP contribution in [0, 0.1) is 6.92 Å². The Balaban J connectivity index is 2.40. The number of hydrogen-bond acceptors (Lipinski definition) is 3. The van der Waals surface area contributed by atoms with Crippen LogP contribution in [0.15, 0.2) is 28.7 Å². The summed E-state index contributed by atoms with van der Waals surface area (Å²) in [5, 5.41) is 0. The minimum absolute atomic E-state index is 0.0608. The first kappa shape index (κ1) is 12.6. The van der Waals surface area contributed by atoms with E-state index < -0.39 is 0 Å². The van der Waals surface area contributed by atoms with Gasteiger partial charge in [-0.2, -0.15) is 0 Å². The molecule has 2 aromatic rings. The van der Waals surface area contributed by atoms with Crippen LogP contribution in [0.2, 0.25) is 4.34 Å². The second-order valence-electron chi connectivity index (χ2n) is 3.63. The standard InChI is InChI=1S/C12H9BrClNOS/c1-6-2-3-7(4-9(6)15)11(16)10-5-8(13)12(14)17-10/h2-5H,15H2,1H3. The molecule has 0 spiro atoms. The molecule has 0 atom stereocenters. The normalized spacial score (nSPS) is 10.5. The lowest BCUT2D eigenvalue weighted by molar-refractivity contribution is 0.104. The van der Waals surface area contributed by atoms with Gasteiger partial charge in [-0.25, -0.2) is 0 Å². The van der Waals surface area contributed by atoms with E-state index in [0.717, 1.165) is 10.0 Å². The second kappa shape index (κ2) is 4.80. The van der Waals surface area contributed by atoms with Crippen molar-refractivity contribution in [3.63, 3.8) is 0 Å². The summed E-state index contributed by atoms with van der Waals surface area (Å²) in [6.07, 6.45) is 0. The summed E-state index contributed by atoms with van der Waals surface area (Å²) < 4.78 is 1.32. The van der Waals surface area contributed by atoms with E-state index in [0.29, 0.717) is 20.5 Å². The van der Waals surface area contributed by atoms with E-state index in [1.54, 1.807) is 18.2 Å². The van der Waals surface area contributed by atoms with Crippen molar-refractivity contribution in [3.05, 3.63) is 49.1 Å². The van der Waals surface area contributed by atoms with Crippen LogP contribution in [-0.4, -0.2) is 5.78 Å². The van der Waals surface area contributed by atoms with Crippen LogP contribution in [0.3, 0.4) is 0 Å². The number of halogens is 2. The molecule has 0 radical (unpaired) electrons. The Kier molecular flexibility index (Phi) is 3.56. The molecule has 0 amide bonds. The Morgan fingerprint density at radius 2 is 2.12 bits per heavy atom. The maximum atomic E-state index is 12.2. The first-order valence-corrected chi connectivity index (χ1v) is 6.83. The lowest BCUT2D eigenvalue weighted by Crippen LogP contribution is -2.00. The zero-order chi connectivity index (χ0) is 12.6. The van der Waals surface area contributed by atoms with Crippen molar-refractivity contribution >= 4 is 50.3 Å². The molecular weight excluding hydrogens is 322 g/mol. The maximum absolute atomic E-state index is 12.2. The van der Waals surface area contributed by atoms with Crippen molar-refractivity contribution in [1.82, 2.24) is 0 Å². The Bertz CT molecular complexity index is 575. The van der Waals surface area contributed by atoms with Gasteiger partial charge in [-0.05, 0) is 40.5 Å². The minimum Gasteiger partial charge on any atom is -0.398 e. The maximum Gasteiger partial charge on any atom is 0.203 e. The first-order valence-electron chi connectivity index (χ1n) is 4.84. The third kappa shape index (κ3) is 2.54. The molecule has 0 saturated heterocycles. The molecular formula is C12H9BrClNOS. The fraction of sp³-hybridized carbons (Fsp3) is 0.0833. The van der Waals surface area contributed by atoms with Crippen LogP contribution in [0.4, 0.5) is 5.69 Å². The lowest BCUT2D eigenvalue weighted by Gasteiger charge is -2.02. The summed E-state index contributed by atoms with van der Waals surface area (Å²) in [6.45, 7) is 1.90. The van der Waals surface area contributed by atoms with Crippen molar-refractivity contribution in [3.8, 4) is 0 Å². The van der Waals surface area contributed by atoms with E-state index in [-0.39, 0.29) is 5.78 Å². The third-order valence-electron chi connectivity index (χ3n) is 2.41. The van der Waals surface area contributed by atoms with Crippen LogP contribution < -0.4 is 5.73 Å². The Morgan fingerprint density at radius 1 is 1.41 bits per heavy atom. The summed E-state index contributed by atoms with van der Waals surface area (Å²) in [5.41, 5.74) is 7.96. The summed E-state index contributed by atoms with van der Waals surface area (Å²) in [7, 11) is 0. The monoisotopic (exact) mass is 329 g/mol. The number of thiophene rings is 1. The van der Waals surface area contributed by atoms with E-state index in [9.17, 15) is 4.79 Å². The number of benzene rings is 1. The van der Waals surface area contributed by atoms with Gasteiger partial charge < -0.3 is 5.73 Å². The number of aryl methyl sites for hydroxylation is 1. The van der Waals surface area contributed by atoms with E-state index in [1.807, 2.05) is 13.0 Å². The van der Waals surface area contributed by atoms with Gasteiger partial charge in [0.05, 0.1) is 4.88 Å². The van der Waals surface area contributed by atoms with Crippen molar-refractivity contribution in [2.24, 2.45) is 0 Å². The molecule has 1 aromatic carbocycles. The van der Waals surface area contributed by atoms with Crippen molar-refractivity contribution < 1.29 is 4.79 Å². The van der Waals surface area contributed by atoms with E-state index in [1.165, 1.54) is 11.3 Å². The minimum atomic E-state index is -0.0608. The fourth-order valence-electron chi connectivity index (χ4n) is 1.38. The average molecular weight is 331 g/mol. The Morgan fingerprint density at radius 3 is 2.65 bits per heavy atom. The van der Waals surface area contributed by atoms with E-state index in [4.69, 9.17) is 17.3 Å². The topological polar surface area (TPSA) is 43.1 Å². The van der Waals surface area contributed by atoms with Gasteiger partial charge in [0.25, 0.3) is 0 Å². The molecule has 0 aliphatic heterocycles. The molecule has 0 aliphatic rings. The lowest BCUT2D eigenvalue weighted by atomic mass is 10.1. The van der Waals surface area contributed by atoms with Gasteiger partial charge in [0.2, 0.25) is 5.78 Å². The number of anilines is 1. The number of ketones is 1. The molecule has 0 unspecified atom stereocenters. The van der Waals surface area contributed by atoms with E-state index in [2.05, 4.69) is 15.9 Å². The van der Waals surface area contributed by atoms with Crippen molar-refractivity contribution in [2.75, 3.05) is 5.73 Å². The summed E-state index contributed by atoms with van der Waals surface area (Å²) in [4.78, 5) is 12.8. The Labute approximate surface area is 117 Å².